The van der Waals surface area contributed by atoms with Gasteiger partial charge in [-0.05, 0) is 37.6 Å². The molecule has 1 unspecified atom stereocenters. The summed E-state index contributed by atoms with van der Waals surface area (Å²) in [7, 11) is 0. The van der Waals surface area contributed by atoms with E-state index in [0.717, 1.165) is 18.2 Å². The van der Waals surface area contributed by atoms with E-state index in [-0.39, 0.29) is 17.4 Å². The van der Waals surface area contributed by atoms with Gasteiger partial charge < -0.3 is 10.6 Å². The Morgan fingerprint density at radius 1 is 1.21 bits per heavy atom. The zero-order valence-corrected chi connectivity index (χ0v) is 13.3. The minimum atomic E-state index is -4.54. The number of alkyl halides is 3. The number of amides is 1. The number of nitrogens with one attached hydrogen (secondary N) is 2. The Morgan fingerprint density at radius 2 is 1.92 bits per heavy atom. The number of aromatic nitrogens is 1. The van der Waals surface area contributed by atoms with Crippen LogP contribution in [0, 0.1) is 0 Å². The zero-order valence-electron chi connectivity index (χ0n) is 13.3. The fourth-order valence-corrected chi connectivity index (χ4v) is 2.03. The highest BCUT2D eigenvalue weighted by Crippen LogP contribution is 2.34. The van der Waals surface area contributed by atoms with Crippen LogP contribution in [0.5, 0.6) is 0 Å². The summed E-state index contributed by atoms with van der Waals surface area (Å²) in [5.41, 5.74) is -0.398. The number of carbonyl (C=O) groups is 1. The lowest BCUT2D eigenvalue weighted by Crippen LogP contribution is -2.18. The minimum absolute atomic E-state index is 0.0432. The molecule has 2 rings (SSSR count). The van der Waals surface area contributed by atoms with Crippen LogP contribution in [0.25, 0.3) is 0 Å². The predicted molar refractivity (Wildman–Crippen MR) is 87.0 cm³/mol. The summed E-state index contributed by atoms with van der Waals surface area (Å²) in [6.45, 7) is 4.04. The highest BCUT2D eigenvalue weighted by atomic mass is 19.4. The van der Waals surface area contributed by atoms with E-state index in [1.54, 1.807) is 6.07 Å². The van der Waals surface area contributed by atoms with Crippen molar-refractivity contribution in [2.24, 2.45) is 0 Å². The molecule has 1 atom stereocenters. The van der Waals surface area contributed by atoms with E-state index in [4.69, 9.17) is 0 Å². The summed E-state index contributed by atoms with van der Waals surface area (Å²) in [6, 6.07) is 8.22. The summed E-state index contributed by atoms with van der Waals surface area (Å²) in [6.07, 6.45) is -2.13. The summed E-state index contributed by atoms with van der Waals surface area (Å²) in [5.74, 6) is -0.693. The van der Waals surface area contributed by atoms with Crippen LogP contribution in [0.15, 0.2) is 42.6 Å². The molecule has 0 saturated heterocycles. The Balaban J connectivity index is 2.14. The lowest BCUT2D eigenvalue weighted by molar-refractivity contribution is -0.136. The van der Waals surface area contributed by atoms with E-state index in [0.29, 0.717) is 0 Å². The first kappa shape index (κ1) is 17.8. The van der Waals surface area contributed by atoms with Gasteiger partial charge in [-0.3, -0.25) is 4.79 Å². The van der Waals surface area contributed by atoms with Gasteiger partial charge in [0.2, 0.25) is 0 Å². The molecule has 0 aliphatic carbocycles. The molecular formula is C17H18F3N3O. The second kappa shape index (κ2) is 7.33. The Labute approximate surface area is 138 Å². The third kappa shape index (κ3) is 4.47. The third-order valence-corrected chi connectivity index (χ3v) is 3.50. The van der Waals surface area contributed by atoms with Gasteiger partial charge in [0.1, 0.15) is 5.69 Å². The van der Waals surface area contributed by atoms with Gasteiger partial charge in [0.05, 0.1) is 23.1 Å². The van der Waals surface area contributed by atoms with Gasteiger partial charge in [-0.2, -0.15) is 13.2 Å². The summed E-state index contributed by atoms with van der Waals surface area (Å²) < 4.78 is 38.8. The molecule has 0 aliphatic rings. The number of hydrogen-bond donors (Lipinski definition) is 2. The number of anilines is 2. The molecule has 1 amide bonds. The molecule has 1 aromatic carbocycles. The molecule has 2 aromatic rings. The Morgan fingerprint density at radius 3 is 2.50 bits per heavy atom. The van der Waals surface area contributed by atoms with Crippen molar-refractivity contribution < 1.29 is 18.0 Å². The predicted octanol–water partition coefficient (Wildman–Crippen LogP) is 4.56. The maximum atomic E-state index is 12.9. The van der Waals surface area contributed by atoms with Crippen LogP contribution in [-0.4, -0.2) is 16.9 Å². The van der Waals surface area contributed by atoms with Crippen molar-refractivity contribution in [2.45, 2.75) is 32.5 Å². The monoisotopic (exact) mass is 337 g/mol. The van der Waals surface area contributed by atoms with Crippen molar-refractivity contribution in [3.8, 4) is 0 Å². The standard InChI is InChI=1S/C17H18F3N3O/c1-3-11(2)22-12-8-9-15(21-10-12)16(24)23-14-7-5-4-6-13(14)17(18,19)20/h4-11,22H,3H2,1-2H3,(H,23,24). The quantitative estimate of drug-likeness (QED) is 0.841. The number of halogens is 3. The molecule has 1 heterocycles. The smallest absolute Gasteiger partial charge is 0.381 e. The molecule has 0 radical (unpaired) electrons. The Kier molecular flexibility index (Phi) is 5.43. The summed E-state index contributed by atoms with van der Waals surface area (Å²) >= 11 is 0. The molecule has 0 saturated carbocycles. The molecule has 0 aliphatic heterocycles. The number of hydrogen-bond acceptors (Lipinski definition) is 3. The topological polar surface area (TPSA) is 54.0 Å². The van der Waals surface area contributed by atoms with E-state index in [9.17, 15) is 18.0 Å². The lowest BCUT2D eigenvalue weighted by Gasteiger charge is -2.14. The zero-order chi connectivity index (χ0) is 17.7. The number of pyridine rings is 1. The van der Waals surface area contributed by atoms with Gasteiger partial charge in [-0.15, -0.1) is 0 Å². The average molecular weight is 337 g/mol. The highest BCUT2D eigenvalue weighted by molar-refractivity contribution is 6.03. The maximum Gasteiger partial charge on any atom is 0.418 e. The lowest BCUT2D eigenvalue weighted by atomic mass is 10.1. The van der Waals surface area contributed by atoms with Crippen molar-refractivity contribution in [3.63, 3.8) is 0 Å². The van der Waals surface area contributed by atoms with Crippen molar-refractivity contribution >= 4 is 17.3 Å². The van der Waals surface area contributed by atoms with E-state index < -0.39 is 17.6 Å². The van der Waals surface area contributed by atoms with Crippen molar-refractivity contribution in [2.75, 3.05) is 10.6 Å². The molecular weight excluding hydrogens is 319 g/mol. The van der Waals surface area contributed by atoms with Crippen LogP contribution in [0.3, 0.4) is 0 Å². The van der Waals surface area contributed by atoms with Crippen LogP contribution in [0.2, 0.25) is 0 Å². The average Bonchev–Trinajstić information content (AvgIpc) is 2.55. The minimum Gasteiger partial charge on any atom is -0.381 e. The van der Waals surface area contributed by atoms with Crippen LogP contribution in [0.4, 0.5) is 24.5 Å². The van der Waals surface area contributed by atoms with Crippen molar-refractivity contribution in [3.05, 3.63) is 53.9 Å². The van der Waals surface area contributed by atoms with Gasteiger partial charge >= 0.3 is 6.18 Å². The molecule has 1 aromatic heterocycles. The van der Waals surface area contributed by atoms with E-state index >= 15 is 0 Å². The number of para-hydroxylation sites is 1. The van der Waals surface area contributed by atoms with E-state index in [2.05, 4.69) is 15.6 Å². The number of benzene rings is 1. The van der Waals surface area contributed by atoms with Crippen molar-refractivity contribution in [1.82, 2.24) is 4.98 Å². The molecule has 0 bridgehead atoms. The van der Waals surface area contributed by atoms with Crippen LogP contribution >= 0.6 is 0 Å². The van der Waals surface area contributed by atoms with Crippen LogP contribution < -0.4 is 10.6 Å². The van der Waals surface area contributed by atoms with E-state index in [1.807, 2.05) is 13.8 Å². The second-order valence-electron chi connectivity index (χ2n) is 5.38. The molecule has 24 heavy (non-hydrogen) atoms. The van der Waals surface area contributed by atoms with Gasteiger partial charge in [0.25, 0.3) is 5.91 Å². The Bertz CT molecular complexity index is 699. The molecule has 7 heteroatoms. The summed E-state index contributed by atoms with van der Waals surface area (Å²) in [5, 5.41) is 5.46. The van der Waals surface area contributed by atoms with Crippen molar-refractivity contribution in [1.29, 1.82) is 0 Å². The van der Waals surface area contributed by atoms with Gasteiger partial charge in [-0.25, -0.2) is 4.98 Å². The fourth-order valence-electron chi connectivity index (χ4n) is 2.03. The molecule has 0 fully saturated rings. The molecule has 2 N–H and O–H groups in total. The SMILES string of the molecule is CCC(C)Nc1ccc(C(=O)Nc2ccccc2C(F)(F)F)nc1. The largest absolute Gasteiger partial charge is 0.418 e. The number of nitrogens with zero attached hydrogens (tertiary/aromatic N) is 1. The van der Waals surface area contributed by atoms with Gasteiger partial charge in [0.15, 0.2) is 0 Å². The summed E-state index contributed by atoms with van der Waals surface area (Å²) in [4.78, 5) is 16.1. The van der Waals surface area contributed by atoms with Crippen LogP contribution in [0.1, 0.15) is 36.3 Å². The second-order valence-corrected chi connectivity index (χ2v) is 5.38. The normalized spacial score (nSPS) is 12.5. The van der Waals surface area contributed by atoms with E-state index in [1.165, 1.54) is 30.5 Å². The fraction of sp³-hybridized carbons (Fsp3) is 0.294. The number of rotatable bonds is 5. The molecule has 0 spiro atoms. The maximum absolute atomic E-state index is 12.9. The highest BCUT2D eigenvalue weighted by Gasteiger charge is 2.33. The number of carbonyl (C=O) groups excluding carboxylic acids is 1. The molecule has 128 valence electrons. The third-order valence-electron chi connectivity index (χ3n) is 3.50. The first-order chi connectivity index (χ1) is 11.3. The molecule has 4 nitrogen and oxygen atoms in total. The first-order valence-corrected chi connectivity index (χ1v) is 7.51. The van der Waals surface area contributed by atoms with Crippen LogP contribution in [-0.2, 0) is 6.18 Å². The van der Waals surface area contributed by atoms with Gasteiger partial charge in [0, 0.05) is 6.04 Å². The Hall–Kier alpha value is -2.57. The van der Waals surface area contributed by atoms with Gasteiger partial charge in [-0.1, -0.05) is 19.1 Å². The first-order valence-electron chi connectivity index (χ1n) is 7.51.